The van der Waals surface area contributed by atoms with Crippen LogP contribution >= 0.6 is 0 Å². The molecule has 0 saturated heterocycles. The summed E-state index contributed by atoms with van der Waals surface area (Å²) < 4.78 is 0. The molecule has 0 radical (unpaired) electrons. The summed E-state index contributed by atoms with van der Waals surface area (Å²) in [4.78, 5) is 15.7. The van der Waals surface area contributed by atoms with Crippen molar-refractivity contribution in [2.24, 2.45) is 0 Å². The number of nitrogens with zero attached hydrogens (tertiary/aromatic N) is 3. The third kappa shape index (κ3) is 5.70. The first kappa shape index (κ1) is 34.1. The van der Waals surface area contributed by atoms with E-state index in [0.29, 0.717) is 17.5 Å². The Morgan fingerprint density at radius 3 is 1.59 bits per heavy atom. The lowest BCUT2D eigenvalue weighted by Gasteiger charge is -2.21. The van der Waals surface area contributed by atoms with Gasteiger partial charge in [-0.3, -0.25) is 0 Å². The van der Waals surface area contributed by atoms with Gasteiger partial charge in [-0.2, -0.15) is 0 Å². The van der Waals surface area contributed by atoms with Gasteiger partial charge in [0, 0.05) is 22.1 Å². The van der Waals surface area contributed by atoms with E-state index in [-0.39, 0.29) is 5.41 Å². The molecule has 3 heteroatoms. The summed E-state index contributed by atoms with van der Waals surface area (Å²) in [6.07, 6.45) is 0.902. The predicted molar refractivity (Wildman–Crippen MR) is 238 cm³/mol. The minimum Gasteiger partial charge on any atom is -0.208 e. The maximum Gasteiger partial charge on any atom is 0.164 e. The molecule has 1 aromatic heterocycles. The number of fused-ring (bicyclic) bond motifs is 6. The summed E-state index contributed by atoms with van der Waals surface area (Å²) in [5.74, 6) is 1.96. The molecule has 0 amide bonds. The normalized spacial score (nSPS) is 13.1. The molecule has 2 aliphatic carbocycles. The van der Waals surface area contributed by atoms with Crippen molar-refractivity contribution in [3.05, 3.63) is 210 Å². The van der Waals surface area contributed by atoms with Crippen molar-refractivity contribution in [1.29, 1.82) is 0 Å². The van der Waals surface area contributed by atoms with Crippen LogP contribution in [0.4, 0.5) is 0 Å². The molecule has 9 aromatic rings. The molecule has 2 aliphatic rings. The summed E-state index contributed by atoms with van der Waals surface area (Å²) >= 11 is 0. The minimum absolute atomic E-state index is 0.144. The first-order valence-corrected chi connectivity index (χ1v) is 20.1. The molecule has 3 nitrogen and oxygen atoms in total. The first-order chi connectivity index (χ1) is 28.5. The quantitative estimate of drug-likeness (QED) is 0.170. The van der Waals surface area contributed by atoms with E-state index in [1.165, 1.54) is 61.2 Å². The van der Waals surface area contributed by atoms with Gasteiger partial charge in [0.25, 0.3) is 0 Å². The van der Waals surface area contributed by atoms with Gasteiger partial charge in [0.15, 0.2) is 17.5 Å². The fraction of sp³-hybridized carbons (Fsp3) is 0.0727. The highest BCUT2D eigenvalue weighted by Crippen LogP contribution is 2.49. The van der Waals surface area contributed by atoms with Gasteiger partial charge in [0.1, 0.15) is 0 Å². The van der Waals surface area contributed by atoms with Gasteiger partial charge in [-0.1, -0.05) is 178 Å². The van der Waals surface area contributed by atoms with E-state index in [1.54, 1.807) is 0 Å². The molecule has 8 aromatic carbocycles. The van der Waals surface area contributed by atoms with Crippen molar-refractivity contribution >= 4 is 0 Å². The van der Waals surface area contributed by atoms with Crippen LogP contribution in [0.1, 0.15) is 36.1 Å². The molecule has 274 valence electrons. The maximum atomic E-state index is 5.33. The van der Waals surface area contributed by atoms with Crippen molar-refractivity contribution in [2.45, 2.75) is 25.7 Å². The van der Waals surface area contributed by atoms with E-state index in [0.717, 1.165) is 39.8 Å². The smallest absolute Gasteiger partial charge is 0.164 e. The van der Waals surface area contributed by atoms with Crippen LogP contribution in [0.15, 0.2) is 188 Å². The van der Waals surface area contributed by atoms with Crippen LogP contribution in [-0.4, -0.2) is 15.0 Å². The molecule has 0 unspecified atom stereocenters. The first-order valence-electron chi connectivity index (χ1n) is 20.1. The molecule has 58 heavy (non-hydrogen) atoms. The molecule has 0 spiro atoms. The van der Waals surface area contributed by atoms with Crippen LogP contribution in [0.25, 0.3) is 89.8 Å². The number of hydrogen-bond acceptors (Lipinski definition) is 3. The van der Waals surface area contributed by atoms with Gasteiger partial charge >= 0.3 is 0 Å². The number of hydrogen-bond donors (Lipinski definition) is 0. The van der Waals surface area contributed by atoms with Gasteiger partial charge in [0.05, 0.1) is 0 Å². The average molecular weight is 742 g/mol. The molecule has 0 saturated carbocycles. The molecule has 0 aliphatic heterocycles. The summed E-state index contributed by atoms with van der Waals surface area (Å²) in [5.41, 5.74) is 20.3. The summed E-state index contributed by atoms with van der Waals surface area (Å²) in [6, 6.07) is 67.6. The van der Waals surface area contributed by atoms with Gasteiger partial charge in [-0.15, -0.1) is 0 Å². The summed E-state index contributed by atoms with van der Waals surface area (Å²) in [6.45, 7) is 4.63. The maximum absolute atomic E-state index is 5.33. The van der Waals surface area contributed by atoms with Crippen LogP contribution in [-0.2, 0) is 11.8 Å². The topological polar surface area (TPSA) is 38.7 Å². The summed E-state index contributed by atoms with van der Waals surface area (Å²) in [7, 11) is 0. The zero-order valence-corrected chi connectivity index (χ0v) is 32.4. The van der Waals surface area contributed by atoms with E-state index >= 15 is 0 Å². The van der Waals surface area contributed by atoms with Crippen LogP contribution in [0.5, 0.6) is 0 Å². The molecule has 0 fully saturated rings. The molecule has 0 bridgehead atoms. The Hall–Kier alpha value is -7.23. The summed E-state index contributed by atoms with van der Waals surface area (Å²) in [5, 5.41) is 0. The molecule has 11 rings (SSSR count). The third-order valence-corrected chi connectivity index (χ3v) is 12.2. The molecule has 0 atom stereocenters. The predicted octanol–water partition coefficient (Wildman–Crippen LogP) is 13.8. The van der Waals surface area contributed by atoms with Gasteiger partial charge in [0.2, 0.25) is 0 Å². The lowest BCUT2D eigenvalue weighted by Crippen LogP contribution is -2.15. The Morgan fingerprint density at radius 2 is 0.828 bits per heavy atom. The van der Waals surface area contributed by atoms with Crippen molar-refractivity contribution in [3.63, 3.8) is 0 Å². The molecule has 1 heterocycles. The Balaban J connectivity index is 1.10. The van der Waals surface area contributed by atoms with Gasteiger partial charge < -0.3 is 0 Å². The Kier molecular flexibility index (Phi) is 7.90. The molecule has 0 N–H and O–H groups in total. The molecular weight excluding hydrogens is 703 g/mol. The van der Waals surface area contributed by atoms with Crippen LogP contribution in [0, 0.1) is 0 Å². The highest BCUT2D eigenvalue weighted by atomic mass is 15.0. The fourth-order valence-corrected chi connectivity index (χ4v) is 9.19. The Labute approximate surface area is 339 Å². The molecular formula is C55H39N3. The van der Waals surface area contributed by atoms with Crippen molar-refractivity contribution in [3.8, 4) is 89.8 Å². The van der Waals surface area contributed by atoms with E-state index in [9.17, 15) is 0 Å². The second-order valence-electron chi connectivity index (χ2n) is 16.0. The van der Waals surface area contributed by atoms with E-state index in [1.807, 2.05) is 18.2 Å². The second-order valence-corrected chi connectivity index (χ2v) is 16.0. The fourth-order valence-electron chi connectivity index (χ4n) is 9.19. The lowest BCUT2D eigenvalue weighted by molar-refractivity contribution is 0.660. The number of rotatable bonds is 6. The van der Waals surface area contributed by atoms with Gasteiger partial charge in [-0.05, 0) is 109 Å². The van der Waals surface area contributed by atoms with Crippen LogP contribution in [0.3, 0.4) is 0 Å². The van der Waals surface area contributed by atoms with Crippen molar-refractivity contribution < 1.29 is 0 Å². The SMILES string of the molecule is CC1(C)c2ccccc2-c2ccc(-c3nc(-c4ccccc4)nc(-c4cc(-c5ccc(-c6ccccc6)cc5)cc(-c5cccc6c5Cc5ccccc5-6)c4)n3)cc21. The third-order valence-electron chi connectivity index (χ3n) is 12.2. The monoisotopic (exact) mass is 741 g/mol. The number of benzene rings is 8. The minimum atomic E-state index is -0.144. The van der Waals surface area contributed by atoms with Crippen LogP contribution < -0.4 is 0 Å². The van der Waals surface area contributed by atoms with Crippen molar-refractivity contribution in [2.75, 3.05) is 0 Å². The highest BCUT2D eigenvalue weighted by molar-refractivity contribution is 5.89. The highest BCUT2D eigenvalue weighted by Gasteiger charge is 2.35. The van der Waals surface area contributed by atoms with E-state index in [2.05, 4.69) is 184 Å². The second kappa shape index (κ2) is 13.5. The lowest BCUT2D eigenvalue weighted by atomic mass is 9.82. The van der Waals surface area contributed by atoms with E-state index < -0.39 is 0 Å². The average Bonchev–Trinajstić information content (AvgIpc) is 3.78. The van der Waals surface area contributed by atoms with Crippen LogP contribution in [0.2, 0.25) is 0 Å². The standard InChI is InChI=1S/C55H39N3/c1-55(2)50-23-12-11-20-47(50)48-29-28-40(34-51(48)55)53-56-52(38-16-7-4-8-17-38)57-54(58-53)43-31-41(37-26-24-36(25-27-37)35-14-5-3-6-15-35)30-42(32-43)45-21-13-22-46-44-19-10-9-18-39(44)33-49(45)46/h3-32,34H,33H2,1-2H3. The van der Waals surface area contributed by atoms with E-state index in [4.69, 9.17) is 15.0 Å². The van der Waals surface area contributed by atoms with Crippen molar-refractivity contribution in [1.82, 2.24) is 15.0 Å². The van der Waals surface area contributed by atoms with Gasteiger partial charge in [-0.25, -0.2) is 15.0 Å². The Bertz CT molecular complexity index is 3040. The largest absolute Gasteiger partial charge is 0.208 e. The zero-order chi connectivity index (χ0) is 38.8. The number of aromatic nitrogens is 3. The zero-order valence-electron chi connectivity index (χ0n) is 32.4. The Morgan fingerprint density at radius 1 is 0.328 bits per heavy atom.